The smallest absolute Gasteiger partial charge is 0.125 e. The van der Waals surface area contributed by atoms with Crippen molar-refractivity contribution in [1.29, 1.82) is 0 Å². The van der Waals surface area contributed by atoms with Gasteiger partial charge in [-0.1, -0.05) is 17.3 Å². The molecule has 0 N–H and O–H groups in total. The highest BCUT2D eigenvalue weighted by atomic mass is 16.6. The van der Waals surface area contributed by atoms with Gasteiger partial charge in [0.15, 0.2) is 0 Å². The van der Waals surface area contributed by atoms with Crippen molar-refractivity contribution in [1.82, 2.24) is 0 Å². The summed E-state index contributed by atoms with van der Waals surface area (Å²) in [5.74, 6) is 2.66. The normalized spacial score (nSPS) is 12.6. The lowest BCUT2D eigenvalue weighted by Crippen LogP contribution is -2.14. The summed E-state index contributed by atoms with van der Waals surface area (Å²) in [7, 11) is 1.55. The standard InChI is InChI=1S/C26H35NO4/c1-7-8-15-30-25-17-19(2)26(20(3)18-25)31-21(4)10-9-16-29-24-13-11-23(12-14-24)22(5)27-28-6/h7-8,11-14,17-18,21H,9-10,15-16H2,1-6H3/b8-7+,27-22?. The number of aryl methyl sites for hydroxylation is 2. The zero-order chi connectivity index (χ0) is 22.6. The Morgan fingerprint density at radius 1 is 1.03 bits per heavy atom. The molecule has 0 amide bonds. The van der Waals surface area contributed by atoms with Crippen molar-refractivity contribution >= 4 is 5.71 Å². The van der Waals surface area contributed by atoms with E-state index in [0.29, 0.717) is 13.2 Å². The van der Waals surface area contributed by atoms with Crippen LogP contribution in [0.15, 0.2) is 53.7 Å². The van der Waals surface area contributed by atoms with Gasteiger partial charge in [-0.3, -0.25) is 0 Å². The Kier molecular flexibility index (Phi) is 9.95. The van der Waals surface area contributed by atoms with E-state index < -0.39 is 0 Å². The summed E-state index contributed by atoms with van der Waals surface area (Å²) in [6.45, 7) is 11.3. The molecule has 0 saturated carbocycles. The fourth-order valence-electron chi connectivity index (χ4n) is 3.22. The molecule has 1 atom stereocenters. The van der Waals surface area contributed by atoms with Crippen LogP contribution in [0.4, 0.5) is 0 Å². The van der Waals surface area contributed by atoms with Gasteiger partial charge >= 0.3 is 0 Å². The first kappa shape index (κ1) is 24.3. The molecule has 0 spiro atoms. The number of hydrogen-bond acceptors (Lipinski definition) is 5. The molecule has 0 aromatic heterocycles. The van der Waals surface area contributed by atoms with Crippen molar-refractivity contribution < 1.29 is 19.0 Å². The summed E-state index contributed by atoms with van der Waals surface area (Å²) in [4.78, 5) is 4.81. The molecule has 0 aliphatic carbocycles. The Hall–Kier alpha value is -2.95. The Balaban J connectivity index is 1.79. The van der Waals surface area contributed by atoms with Gasteiger partial charge in [0.05, 0.1) is 18.4 Å². The van der Waals surface area contributed by atoms with Crippen LogP contribution in [0.2, 0.25) is 0 Å². The number of nitrogens with zero attached hydrogens (tertiary/aromatic N) is 1. The highest BCUT2D eigenvalue weighted by molar-refractivity contribution is 5.98. The molecule has 0 fully saturated rings. The highest BCUT2D eigenvalue weighted by Gasteiger charge is 2.11. The Bertz CT molecular complexity index is 848. The third-order valence-corrected chi connectivity index (χ3v) is 4.86. The van der Waals surface area contributed by atoms with E-state index in [1.807, 2.05) is 62.4 Å². The first-order valence-corrected chi connectivity index (χ1v) is 10.8. The third kappa shape index (κ3) is 8.00. The molecule has 0 radical (unpaired) electrons. The number of benzene rings is 2. The average molecular weight is 426 g/mol. The van der Waals surface area contributed by atoms with Crippen LogP contribution in [0, 0.1) is 13.8 Å². The summed E-state index contributed by atoms with van der Waals surface area (Å²) in [6.07, 6.45) is 5.90. The summed E-state index contributed by atoms with van der Waals surface area (Å²) in [5.41, 5.74) is 4.03. The van der Waals surface area contributed by atoms with E-state index in [1.165, 1.54) is 0 Å². The monoisotopic (exact) mass is 425 g/mol. The number of oxime groups is 1. The minimum absolute atomic E-state index is 0.103. The van der Waals surface area contributed by atoms with Gasteiger partial charge < -0.3 is 19.0 Å². The SMILES string of the molecule is C/C=C/COc1cc(C)c(OC(C)CCCOc2ccc(C(C)=NOC)cc2)c(C)c1. The quantitative estimate of drug-likeness (QED) is 0.174. The Labute approximate surface area is 186 Å². The summed E-state index contributed by atoms with van der Waals surface area (Å²) in [6, 6.07) is 11.9. The molecule has 5 nitrogen and oxygen atoms in total. The van der Waals surface area contributed by atoms with E-state index in [9.17, 15) is 0 Å². The van der Waals surface area contributed by atoms with Crippen LogP contribution in [-0.2, 0) is 4.84 Å². The fourth-order valence-corrected chi connectivity index (χ4v) is 3.22. The lowest BCUT2D eigenvalue weighted by atomic mass is 10.1. The molecule has 5 heteroatoms. The first-order chi connectivity index (χ1) is 14.9. The van der Waals surface area contributed by atoms with E-state index in [4.69, 9.17) is 19.0 Å². The molecule has 31 heavy (non-hydrogen) atoms. The van der Waals surface area contributed by atoms with Crippen LogP contribution in [0.5, 0.6) is 17.2 Å². The second kappa shape index (κ2) is 12.7. The molecular weight excluding hydrogens is 390 g/mol. The fraction of sp³-hybridized carbons (Fsp3) is 0.423. The van der Waals surface area contributed by atoms with Crippen LogP contribution in [0.3, 0.4) is 0 Å². The Morgan fingerprint density at radius 3 is 2.32 bits per heavy atom. The third-order valence-electron chi connectivity index (χ3n) is 4.86. The average Bonchev–Trinajstić information content (AvgIpc) is 2.74. The molecule has 2 aromatic carbocycles. The van der Waals surface area contributed by atoms with Gasteiger partial charge in [0.25, 0.3) is 0 Å². The molecule has 0 heterocycles. The van der Waals surface area contributed by atoms with E-state index in [0.717, 1.165) is 52.5 Å². The predicted molar refractivity (Wildman–Crippen MR) is 127 cm³/mol. The summed E-state index contributed by atoms with van der Waals surface area (Å²) >= 11 is 0. The molecular formula is C26H35NO4. The number of hydrogen-bond donors (Lipinski definition) is 0. The van der Waals surface area contributed by atoms with E-state index in [2.05, 4.69) is 25.9 Å². The van der Waals surface area contributed by atoms with Crippen molar-refractivity contribution in [2.75, 3.05) is 20.3 Å². The lowest BCUT2D eigenvalue weighted by molar-refractivity contribution is 0.191. The van der Waals surface area contributed by atoms with Gasteiger partial charge in [0, 0.05) is 0 Å². The molecule has 0 bridgehead atoms. The van der Waals surface area contributed by atoms with Gasteiger partial charge in [-0.2, -0.15) is 0 Å². The topological polar surface area (TPSA) is 49.3 Å². The van der Waals surface area contributed by atoms with Crippen molar-refractivity contribution in [2.45, 2.75) is 53.6 Å². The van der Waals surface area contributed by atoms with Crippen LogP contribution < -0.4 is 14.2 Å². The van der Waals surface area contributed by atoms with Crippen molar-refractivity contribution in [2.24, 2.45) is 5.16 Å². The number of rotatable bonds is 12. The molecule has 0 aliphatic rings. The number of ether oxygens (including phenoxy) is 3. The maximum absolute atomic E-state index is 6.22. The maximum Gasteiger partial charge on any atom is 0.125 e. The molecule has 0 aliphatic heterocycles. The first-order valence-electron chi connectivity index (χ1n) is 10.8. The lowest BCUT2D eigenvalue weighted by Gasteiger charge is -2.19. The largest absolute Gasteiger partial charge is 0.494 e. The van der Waals surface area contributed by atoms with Crippen LogP contribution >= 0.6 is 0 Å². The predicted octanol–water partition coefficient (Wildman–Crippen LogP) is 6.26. The highest BCUT2D eigenvalue weighted by Crippen LogP contribution is 2.30. The van der Waals surface area contributed by atoms with Gasteiger partial charge in [-0.15, -0.1) is 0 Å². The van der Waals surface area contributed by atoms with Crippen LogP contribution in [0.1, 0.15) is 50.3 Å². The zero-order valence-corrected chi connectivity index (χ0v) is 19.6. The van der Waals surface area contributed by atoms with Gasteiger partial charge in [0.2, 0.25) is 0 Å². The Morgan fingerprint density at radius 2 is 1.71 bits per heavy atom. The van der Waals surface area contributed by atoms with Crippen LogP contribution in [-0.4, -0.2) is 32.1 Å². The zero-order valence-electron chi connectivity index (χ0n) is 19.6. The van der Waals surface area contributed by atoms with Gasteiger partial charge in [0.1, 0.15) is 31.0 Å². The van der Waals surface area contributed by atoms with Crippen molar-refractivity contribution in [3.63, 3.8) is 0 Å². The summed E-state index contributed by atoms with van der Waals surface area (Å²) < 4.78 is 17.8. The van der Waals surface area contributed by atoms with Crippen molar-refractivity contribution in [3.8, 4) is 17.2 Å². The summed E-state index contributed by atoms with van der Waals surface area (Å²) in [5, 5.41) is 3.94. The van der Waals surface area contributed by atoms with E-state index in [-0.39, 0.29) is 6.10 Å². The molecule has 1 unspecified atom stereocenters. The van der Waals surface area contributed by atoms with Crippen LogP contribution in [0.25, 0.3) is 0 Å². The number of allylic oxidation sites excluding steroid dienone is 1. The maximum atomic E-state index is 6.22. The van der Waals surface area contributed by atoms with E-state index >= 15 is 0 Å². The molecule has 2 aromatic rings. The van der Waals surface area contributed by atoms with Gasteiger partial charge in [-0.25, -0.2) is 0 Å². The molecule has 168 valence electrons. The van der Waals surface area contributed by atoms with Crippen molar-refractivity contribution in [3.05, 3.63) is 65.2 Å². The minimum Gasteiger partial charge on any atom is -0.494 e. The second-order valence-corrected chi connectivity index (χ2v) is 7.57. The van der Waals surface area contributed by atoms with E-state index in [1.54, 1.807) is 7.11 Å². The second-order valence-electron chi connectivity index (χ2n) is 7.57. The minimum atomic E-state index is 0.103. The van der Waals surface area contributed by atoms with Gasteiger partial charge in [-0.05, 0) is 101 Å². The molecule has 2 rings (SSSR count). The molecule has 0 saturated heterocycles.